The van der Waals surface area contributed by atoms with Gasteiger partial charge in [0, 0.05) is 67.3 Å². The topological polar surface area (TPSA) is 59.9 Å². The molecule has 0 N–H and O–H groups in total. The maximum atomic E-state index is 5.69. The fraction of sp³-hybridized carbons (Fsp3) is 0. The van der Waals surface area contributed by atoms with Crippen LogP contribution in [-0.4, -0.2) is 28.7 Å². The van der Waals surface area contributed by atoms with Crippen LogP contribution < -0.4 is 9.80 Å². The lowest BCUT2D eigenvalue weighted by Crippen LogP contribution is -2.10. The summed E-state index contributed by atoms with van der Waals surface area (Å²) in [7, 11) is 0. The van der Waals surface area contributed by atoms with Crippen LogP contribution in [0.5, 0.6) is 0 Å². The molecular formula is C89H60N8. The fourth-order valence-corrected chi connectivity index (χ4v) is 14.1. The number of hydrogen-bond acceptors (Lipinski definition) is 5. The van der Waals surface area contributed by atoms with Gasteiger partial charge in [-0.3, -0.25) is 13.7 Å². The molecule has 97 heavy (non-hydrogen) atoms. The number of benzene rings is 15. The minimum atomic E-state index is 0.793. The number of imidazole rings is 3. The zero-order valence-corrected chi connectivity index (χ0v) is 52.7. The van der Waals surface area contributed by atoms with Gasteiger partial charge in [0.15, 0.2) is 0 Å². The number of hydrogen-bond donors (Lipinski definition) is 0. The van der Waals surface area contributed by atoms with Crippen LogP contribution in [0.2, 0.25) is 0 Å². The lowest BCUT2D eigenvalue weighted by atomic mass is 10.0. The van der Waals surface area contributed by atoms with Gasteiger partial charge in [-0.15, -0.1) is 0 Å². The molecule has 0 aliphatic heterocycles. The Morgan fingerprint density at radius 1 is 0.206 bits per heavy atom. The van der Waals surface area contributed by atoms with Gasteiger partial charge in [0.1, 0.15) is 17.5 Å². The van der Waals surface area contributed by atoms with E-state index in [4.69, 9.17) is 15.0 Å². The zero-order chi connectivity index (χ0) is 64.2. The zero-order valence-electron chi connectivity index (χ0n) is 52.7. The molecule has 8 nitrogen and oxygen atoms in total. The van der Waals surface area contributed by atoms with Crippen LogP contribution in [0.25, 0.3) is 128 Å². The number of anilines is 6. The van der Waals surface area contributed by atoms with E-state index in [9.17, 15) is 0 Å². The van der Waals surface area contributed by atoms with Crippen molar-refractivity contribution in [3.05, 3.63) is 364 Å². The van der Waals surface area contributed by atoms with Crippen molar-refractivity contribution in [1.82, 2.24) is 28.7 Å². The van der Waals surface area contributed by atoms with Gasteiger partial charge in [0.05, 0.1) is 44.5 Å². The first-order valence-electron chi connectivity index (χ1n) is 32.8. The van der Waals surface area contributed by atoms with E-state index in [2.05, 4.69) is 387 Å². The van der Waals surface area contributed by atoms with Gasteiger partial charge >= 0.3 is 0 Å². The van der Waals surface area contributed by atoms with Crippen LogP contribution in [0.1, 0.15) is 0 Å². The molecule has 0 fully saturated rings. The van der Waals surface area contributed by atoms with Crippen LogP contribution in [0.3, 0.4) is 0 Å². The smallest absolute Gasteiger partial charge is 0.145 e. The van der Waals surface area contributed by atoms with Crippen molar-refractivity contribution >= 4 is 88.8 Å². The molecule has 0 radical (unpaired) electrons. The van der Waals surface area contributed by atoms with Crippen LogP contribution in [0.4, 0.5) is 34.1 Å². The van der Waals surface area contributed by atoms with E-state index in [-0.39, 0.29) is 0 Å². The molecule has 0 unspecified atom stereocenters. The molecule has 0 saturated heterocycles. The molecule has 456 valence electrons. The van der Waals surface area contributed by atoms with Gasteiger partial charge in [0.25, 0.3) is 0 Å². The monoisotopic (exact) mass is 1240 g/mol. The molecule has 18 rings (SSSR count). The SMILES string of the molecule is c1ccc(N(c2ccc(-c3ccc(N(c4ccc(-c5ccc6c(c5)nc(-c5cc(-c7nc8ccccc8n7-c7ccccc7)cc(-c7nc8ccccc8n7-c7ccccc7)c5)n6-c5ccccc5)cc4)c4cccc5ccccc45)cc3)cc2)c2cccc3ccccc23)cc1. The quantitative estimate of drug-likeness (QED) is 0.109. The van der Waals surface area contributed by atoms with Crippen molar-refractivity contribution in [2.75, 3.05) is 9.80 Å². The standard InChI is InChI=1S/C89H60N8/c1-5-27-70(28-6-1)93(82-41-21-25-64-23-13-15-35-77(64)82)74-50-43-61(44-51-74)62-45-52-75(53-46-62)94(83-42-22-26-65-24-14-16-36-78(65)83)76-54-47-63(48-55-76)66-49-56-86-81(60-66)92-89(97(86)73-33-11-4-12-34-73)69-58-67(87-90-79-37-17-19-39-84(79)95(87)71-29-7-2-8-30-71)57-68(59-69)88-91-80-38-18-20-40-85(80)96(88)72-31-9-3-10-32-72/h1-60H. The molecule has 3 aromatic heterocycles. The highest BCUT2D eigenvalue weighted by atomic mass is 15.2. The van der Waals surface area contributed by atoms with Crippen LogP contribution in [0.15, 0.2) is 364 Å². The number of rotatable bonds is 14. The second kappa shape index (κ2) is 24.1. The van der Waals surface area contributed by atoms with Crippen molar-refractivity contribution in [2.45, 2.75) is 0 Å². The van der Waals surface area contributed by atoms with E-state index < -0.39 is 0 Å². The molecule has 0 aliphatic rings. The Hall–Kier alpha value is -13.2. The first-order chi connectivity index (χ1) is 48.1. The van der Waals surface area contributed by atoms with Gasteiger partial charge in [-0.25, -0.2) is 15.0 Å². The van der Waals surface area contributed by atoms with Crippen molar-refractivity contribution in [1.29, 1.82) is 0 Å². The minimum absolute atomic E-state index is 0.793. The lowest BCUT2D eigenvalue weighted by Gasteiger charge is -2.27. The molecule has 0 bridgehead atoms. The van der Waals surface area contributed by atoms with Gasteiger partial charge in [-0.2, -0.15) is 0 Å². The number of nitrogens with zero attached hydrogens (tertiary/aromatic N) is 8. The molecule has 15 aromatic carbocycles. The molecule has 3 heterocycles. The highest BCUT2D eigenvalue weighted by Gasteiger charge is 2.25. The molecule has 0 aliphatic carbocycles. The third-order valence-electron chi connectivity index (χ3n) is 18.6. The van der Waals surface area contributed by atoms with E-state index in [0.717, 1.165) is 141 Å². The summed E-state index contributed by atoms with van der Waals surface area (Å²) >= 11 is 0. The van der Waals surface area contributed by atoms with Gasteiger partial charge in [0.2, 0.25) is 0 Å². The molecular weight excluding hydrogens is 1180 g/mol. The van der Waals surface area contributed by atoms with Crippen LogP contribution in [0, 0.1) is 0 Å². The largest absolute Gasteiger partial charge is 0.310 e. The molecule has 0 atom stereocenters. The Kier molecular flexibility index (Phi) is 14.0. The molecule has 0 spiro atoms. The average molecular weight is 1240 g/mol. The Bertz CT molecular complexity index is 5770. The Balaban J connectivity index is 0.734. The summed E-state index contributed by atoms with van der Waals surface area (Å²) in [5, 5.41) is 4.75. The van der Waals surface area contributed by atoms with Crippen LogP contribution in [-0.2, 0) is 0 Å². The maximum Gasteiger partial charge on any atom is 0.145 e. The summed E-state index contributed by atoms with van der Waals surface area (Å²) in [4.78, 5) is 21.3. The second-order valence-corrected chi connectivity index (χ2v) is 24.4. The Morgan fingerprint density at radius 2 is 0.515 bits per heavy atom. The highest BCUT2D eigenvalue weighted by molar-refractivity contribution is 6.01. The van der Waals surface area contributed by atoms with E-state index in [0.29, 0.717) is 0 Å². The number of aromatic nitrogens is 6. The predicted molar refractivity (Wildman–Crippen MR) is 402 cm³/mol. The maximum absolute atomic E-state index is 5.69. The molecule has 8 heteroatoms. The van der Waals surface area contributed by atoms with Crippen molar-refractivity contribution < 1.29 is 0 Å². The predicted octanol–water partition coefficient (Wildman–Crippen LogP) is 23.3. The van der Waals surface area contributed by atoms with E-state index in [1.165, 1.54) is 21.5 Å². The first kappa shape index (κ1) is 56.6. The average Bonchev–Trinajstić information content (AvgIpc) is 1.63. The highest BCUT2D eigenvalue weighted by Crippen LogP contribution is 2.44. The second-order valence-electron chi connectivity index (χ2n) is 24.4. The van der Waals surface area contributed by atoms with Gasteiger partial charge < -0.3 is 9.80 Å². The summed E-state index contributed by atoms with van der Waals surface area (Å²) < 4.78 is 6.82. The lowest BCUT2D eigenvalue weighted by molar-refractivity contribution is 1.09. The molecule has 18 aromatic rings. The Morgan fingerprint density at radius 3 is 0.938 bits per heavy atom. The minimum Gasteiger partial charge on any atom is -0.310 e. The normalized spacial score (nSPS) is 11.5. The first-order valence-corrected chi connectivity index (χ1v) is 32.8. The number of para-hydroxylation sites is 8. The third kappa shape index (κ3) is 10.2. The number of fused-ring (bicyclic) bond motifs is 5. The van der Waals surface area contributed by atoms with Gasteiger partial charge in [-0.1, -0.05) is 212 Å². The van der Waals surface area contributed by atoms with E-state index in [1.807, 2.05) is 0 Å². The van der Waals surface area contributed by atoms with Crippen molar-refractivity contribution in [2.24, 2.45) is 0 Å². The summed E-state index contributed by atoms with van der Waals surface area (Å²) in [6.45, 7) is 0. The van der Waals surface area contributed by atoms with Gasteiger partial charge in [-0.05, 0) is 185 Å². The Labute approximate surface area is 561 Å². The molecule has 0 saturated carbocycles. The third-order valence-corrected chi connectivity index (χ3v) is 18.6. The summed E-state index contributed by atoms with van der Waals surface area (Å²) in [6.07, 6.45) is 0. The molecule has 0 amide bonds. The van der Waals surface area contributed by atoms with E-state index in [1.54, 1.807) is 0 Å². The van der Waals surface area contributed by atoms with Crippen molar-refractivity contribution in [3.8, 4) is 73.5 Å². The van der Waals surface area contributed by atoms with Crippen LogP contribution >= 0.6 is 0 Å². The summed E-state index contributed by atoms with van der Waals surface area (Å²) in [6, 6.07) is 130. The summed E-state index contributed by atoms with van der Waals surface area (Å²) in [5.74, 6) is 2.42. The summed E-state index contributed by atoms with van der Waals surface area (Å²) in [5.41, 5.74) is 22.4. The fourth-order valence-electron chi connectivity index (χ4n) is 14.1. The van der Waals surface area contributed by atoms with E-state index >= 15 is 0 Å². The van der Waals surface area contributed by atoms with Crippen molar-refractivity contribution in [3.63, 3.8) is 0 Å².